The first-order chi connectivity index (χ1) is 8.02. The van der Waals surface area contributed by atoms with Crippen LogP contribution in [0.2, 0.25) is 0 Å². The van der Waals surface area contributed by atoms with E-state index in [1.165, 1.54) is 11.1 Å². The van der Waals surface area contributed by atoms with Crippen LogP contribution in [0.3, 0.4) is 0 Å². The molecule has 0 aliphatic carbocycles. The first kappa shape index (κ1) is 13.7. The van der Waals surface area contributed by atoms with Crippen LogP contribution < -0.4 is 11.1 Å². The van der Waals surface area contributed by atoms with E-state index in [9.17, 15) is 0 Å². The van der Waals surface area contributed by atoms with Crippen molar-refractivity contribution in [2.24, 2.45) is 0 Å². The van der Waals surface area contributed by atoms with Crippen LogP contribution in [0.25, 0.3) is 5.57 Å². The number of aryl methyl sites for hydroxylation is 1. The van der Waals surface area contributed by atoms with Gasteiger partial charge in [-0.05, 0) is 44.0 Å². The minimum Gasteiger partial charge on any atom is -0.383 e. The van der Waals surface area contributed by atoms with Crippen LogP contribution in [-0.4, -0.2) is 17.6 Å². The standard InChI is InChI=1S/C14H23N3/c1-10(2)16-8-5-6-11(3)13-12(4)7-9-17-14(13)15/h6-7,9-10,16H,5,8H2,1-4H3,(H2,15,17). The van der Waals surface area contributed by atoms with E-state index in [-0.39, 0.29) is 0 Å². The fourth-order valence-corrected chi connectivity index (χ4v) is 1.86. The smallest absolute Gasteiger partial charge is 0.131 e. The van der Waals surface area contributed by atoms with Crippen LogP contribution in [0.4, 0.5) is 5.82 Å². The Balaban J connectivity index is 2.68. The highest BCUT2D eigenvalue weighted by Gasteiger charge is 2.05. The van der Waals surface area contributed by atoms with Crippen LogP contribution in [0.5, 0.6) is 0 Å². The SMILES string of the molecule is CC(=CCCNC(C)C)c1c(C)ccnc1N. The predicted octanol–water partition coefficient (Wildman–Crippen LogP) is 2.76. The van der Waals surface area contributed by atoms with Crippen molar-refractivity contribution in [2.75, 3.05) is 12.3 Å². The highest BCUT2D eigenvalue weighted by atomic mass is 14.9. The van der Waals surface area contributed by atoms with Gasteiger partial charge in [-0.3, -0.25) is 0 Å². The van der Waals surface area contributed by atoms with Crippen molar-refractivity contribution >= 4 is 11.4 Å². The Morgan fingerprint density at radius 1 is 1.53 bits per heavy atom. The number of hydrogen-bond donors (Lipinski definition) is 2. The van der Waals surface area contributed by atoms with Gasteiger partial charge in [0.05, 0.1) is 0 Å². The summed E-state index contributed by atoms with van der Waals surface area (Å²) in [6, 6.07) is 2.53. The lowest BCUT2D eigenvalue weighted by Gasteiger charge is -2.10. The number of rotatable bonds is 5. The first-order valence-corrected chi connectivity index (χ1v) is 6.14. The molecule has 3 nitrogen and oxygen atoms in total. The van der Waals surface area contributed by atoms with Gasteiger partial charge >= 0.3 is 0 Å². The van der Waals surface area contributed by atoms with E-state index in [0.717, 1.165) is 18.5 Å². The van der Waals surface area contributed by atoms with Gasteiger partial charge in [-0.15, -0.1) is 0 Å². The Morgan fingerprint density at radius 2 is 2.24 bits per heavy atom. The van der Waals surface area contributed by atoms with Crippen molar-refractivity contribution in [2.45, 2.75) is 40.2 Å². The van der Waals surface area contributed by atoms with Gasteiger partial charge in [0.25, 0.3) is 0 Å². The van der Waals surface area contributed by atoms with Crippen LogP contribution in [-0.2, 0) is 0 Å². The van der Waals surface area contributed by atoms with Gasteiger partial charge in [0.15, 0.2) is 0 Å². The van der Waals surface area contributed by atoms with Crippen LogP contribution in [0.15, 0.2) is 18.3 Å². The normalized spacial score (nSPS) is 12.2. The molecule has 3 heteroatoms. The molecule has 0 aliphatic heterocycles. The van der Waals surface area contributed by atoms with E-state index < -0.39 is 0 Å². The van der Waals surface area contributed by atoms with Crippen molar-refractivity contribution in [1.29, 1.82) is 0 Å². The number of nitrogens with one attached hydrogen (secondary N) is 1. The number of pyridine rings is 1. The van der Waals surface area contributed by atoms with Crippen molar-refractivity contribution in [3.63, 3.8) is 0 Å². The zero-order valence-corrected chi connectivity index (χ0v) is 11.2. The Morgan fingerprint density at radius 3 is 2.82 bits per heavy atom. The molecule has 1 heterocycles. The van der Waals surface area contributed by atoms with Crippen molar-refractivity contribution in [3.05, 3.63) is 29.5 Å². The van der Waals surface area contributed by atoms with Crippen LogP contribution in [0.1, 0.15) is 38.3 Å². The molecular weight excluding hydrogens is 210 g/mol. The van der Waals surface area contributed by atoms with Crippen molar-refractivity contribution in [1.82, 2.24) is 10.3 Å². The van der Waals surface area contributed by atoms with Crippen molar-refractivity contribution in [3.8, 4) is 0 Å². The summed E-state index contributed by atoms with van der Waals surface area (Å²) in [4.78, 5) is 4.14. The lowest BCUT2D eigenvalue weighted by molar-refractivity contribution is 0.595. The molecule has 0 aromatic carbocycles. The summed E-state index contributed by atoms with van der Waals surface area (Å²) in [5.74, 6) is 0.621. The molecule has 0 saturated heterocycles. The summed E-state index contributed by atoms with van der Waals surface area (Å²) >= 11 is 0. The second-order valence-corrected chi connectivity index (χ2v) is 4.67. The van der Waals surface area contributed by atoms with Crippen LogP contribution >= 0.6 is 0 Å². The number of nitrogens with two attached hydrogens (primary N) is 1. The second-order valence-electron chi connectivity index (χ2n) is 4.67. The average Bonchev–Trinajstić information content (AvgIpc) is 2.24. The van der Waals surface area contributed by atoms with Crippen LogP contribution in [0, 0.1) is 6.92 Å². The summed E-state index contributed by atoms with van der Waals surface area (Å²) in [6.45, 7) is 9.46. The third-order valence-electron chi connectivity index (χ3n) is 2.73. The van der Waals surface area contributed by atoms with E-state index in [0.29, 0.717) is 11.9 Å². The third-order valence-corrected chi connectivity index (χ3v) is 2.73. The van der Waals surface area contributed by atoms with Gasteiger partial charge in [0.2, 0.25) is 0 Å². The average molecular weight is 233 g/mol. The molecule has 0 bridgehead atoms. The maximum absolute atomic E-state index is 5.91. The summed E-state index contributed by atoms with van der Waals surface area (Å²) in [5.41, 5.74) is 9.38. The predicted molar refractivity (Wildman–Crippen MR) is 74.8 cm³/mol. The molecule has 1 aromatic heterocycles. The molecule has 0 atom stereocenters. The number of nitrogens with zero attached hydrogens (tertiary/aromatic N) is 1. The second kappa shape index (κ2) is 6.40. The molecule has 94 valence electrons. The van der Waals surface area contributed by atoms with Gasteiger partial charge < -0.3 is 11.1 Å². The van der Waals surface area contributed by atoms with Gasteiger partial charge in [0, 0.05) is 17.8 Å². The Hall–Kier alpha value is -1.35. The largest absolute Gasteiger partial charge is 0.383 e. The zero-order chi connectivity index (χ0) is 12.8. The highest BCUT2D eigenvalue weighted by Crippen LogP contribution is 2.23. The quantitative estimate of drug-likeness (QED) is 0.769. The zero-order valence-electron chi connectivity index (χ0n) is 11.2. The molecule has 3 N–H and O–H groups in total. The lowest BCUT2D eigenvalue weighted by atomic mass is 10.0. The van der Waals surface area contributed by atoms with Gasteiger partial charge in [0.1, 0.15) is 5.82 Å². The minimum atomic E-state index is 0.536. The van der Waals surface area contributed by atoms with Gasteiger partial charge in [-0.25, -0.2) is 4.98 Å². The van der Waals surface area contributed by atoms with E-state index in [1.807, 2.05) is 6.07 Å². The molecule has 1 rings (SSSR count). The molecule has 0 amide bonds. The molecule has 0 radical (unpaired) electrons. The molecule has 0 saturated carbocycles. The third kappa shape index (κ3) is 4.19. The summed E-state index contributed by atoms with van der Waals surface area (Å²) < 4.78 is 0. The number of hydrogen-bond acceptors (Lipinski definition) is 3. The molecule has 0 aliphatic rings. The number of aromatic nitrogens is 1. The number of anilines is 1. The molecule has 0 spiro atoms. The number of nitrogen functional groups attached to an aromatic ring is 1. The first-order valence-electron chi connectivity index (χ1n) is 6.14. The Labute approximate surface area is 104 Å². The summed E-state index contributed by atoms with van der Waals surface area (Å²) in [6.07, 6.45) is 4.98. The number of allylic oxidation sites excluding steroid dienone is 1. The highest BCUT2D eigenvalue weighted by molar-refractivity contribution is 5.73. The van der Waals surface area contributed by atoms with E-state index in [1.54, 1.807) is 6.20 Å². The maximum atomic E-state index is 5.91. The summed E-state index contributed by atoms with van der Waals surface area (Å²) in [5, 5.41) is 3.39. The molecule has 1 aromatic rings. The van der Waals surface area contributed by atoms with E-state index in [4.69, 9.17) is 5.73 Å². The maximum Gasteiger partial charge on any atom is 0.131 e. The van der Waals surface area contributed by atoms with E-state index in [2.05, 4.69) is 44.1 Å². The topological polar surface area (TPSA) is 50.9 Å². The molecule has 0 unspecified atom stereocenters. The molecule has 0 fully saturated rings. The Kier molecular flexibility index (Phi) is 5.16. The molecular formula is C14H23N3. The monoisotopic (exact) mass is 233 g/mol. The van der Waals surface area contributed by atoms with Gasteiger partial charge in [-0.2, -0.15) is 0 Å². The lowest BCUT2D eigenvalue weighted by Crippen LogP contribution is -2.23. The fourth-order valence-electron chi connectivity index (χ4n) is 1.86. The van der Waals surface area contributed by atoms with E-state index >= 15 is 0 Å². The minimum absolute atomic E-state index is 0.536. The fraction of sp³-hybridized carbons (Fsp3) is 0.500. The van der Waals surface area contributed by atoms with Gasteiger partial charge in [-0.1, -0.05) is 19.9 Å². The van der Waals surface area contributed by atoms with Crippen molar-refractivity contribution < 1.29 is 0 Å². The molecule has 17 heavy (non-hydrogen) atoms. The Bertz CT molecular complexity index is 374. The summed E-state index contributed by atoms with van der Waals surface area (Å²) in [7, 11) is 0.